The molecule has 5 nitrogen and oxygen atoms in total. The van der Waals surface area contributed by atoms with Crippen molar-refractivity contribution in [3.63, 3.8) is 0 Å². The molecule has 1 rings (SSSR count). The molecule has 1 aromatic rings. The van der Waals surface area contributed by atoms with Crippen molar-refractivity contribution in [2.24, 2.45) is 5.11 Å². The molecule has 0 aliphatic carbocycles. The summed E-state index contributed by atoms with van der Waals surface area (Å²) in [5, 5.41) is 3.32. The second kappa shape index (κ2) is 6.42. The first-order chi connectivity index (χ1) is 8.47. The lowest BCUT2D eigenvalue weighted by Crippen LogP contribution is -2.08. The highest BCUT2D eigenvalue weighted by Crippen LogP contribution is 2.18. The quantitative estimate of drug-likeness (QED) is 0.343. The van der Waals surface area contributed by atoms with E-state index in [1.54, 1.807) is 12.1 Å². The number of azide groups is 1. The number of sulfone groups is 1. The normalized spacial score (nSPS) is 11.3. The van der Waals surface area contributed by atoms with E-state index in [0.717, 1.165) is 5.56 Å². The third-order valence-corrected chi connectivity index (χ3v) is 4.46. The predicted molar refractivity (Wildman–Crippen MR) is 71.2 cm³/mol. The fourth-order valence-electron chi connectivity index (χ4n) is 1.55. The Hall–Kier alpha value is -1.52. The first kappa shape index (κ1) is 14.5. The van der Waals surface area contributed by atoms with E-state index >= 15 is 0 Å². The molecule has 1 aromatic carbocycles. The van der Waals surface area contributed by atoms with E-state index in [-0.39, 0.29) is 12.3 Å². The van der Waals surface area contributed by atoms with Crippen molar-refractivity contribution in [1.82, 2.24) is 0 Å². The number of nitrogens with zero attached hydrogens (tertiary/aromatic N) is 3. The average molecular weight is 267 g/mol. The molecule has 0 aliphatic rings. The average Bonchev–Trinajstić information content (AvgIpc) is 2.35. The summed E-state index contributed by atoms with van der Waals surface area (Å²) in [6.45, 7) is 4.33. The lowest BCUT2D eigenvalue weighted by atomic mass is 10.0. The second-order valence-electron chi connectivity index (χ2n) is 4.35. The van der Waals surface area contributed by atoms with Crippen LogP contribution in [0.3, 0.4) is 0 Å². The molecule has 0 unspecified atom stereocenters. The molecule has 0 bridgehead atoms. The fraction of sp³-hybridized carbons (Fsp3) is 0.500. The Morgan fingerprint density at radius 3 is 2.39 bits per heavy atom. The molecule has 0 amide bonds. The molecule has 0 aliphatic heterocycles. The van der Waals surface area contributed by atoms with Crippen LogP contribution in [0.2, 0.25) is 0 Å². The van der Waals surface area contributed by atoms with E-state index in [1.807, 2.05) is 12.1 Å². The van der Waals surface area contributed by atoms with Gasteiger partial charge in [0.15, 0.2) is 9.84 Å². The van der Waals surface area contributed by atoms with Crippen LogP contribution < -0.4 is 0 Å². The monoisotopic (exact) mass is 267 g/mol. The van der Waals surface area contributed by atoms with Crippen molar-refractivity contribution in [3.05, 3.63) is 40.3 Å². The molecular weight excluding hydrogens is 250 g/mol. The van der Waals surface area contributed by atoms with E-state index in [2.05, 4.69) is 23.9 Å². The van der Waals surface area contributed by atoms with E-state index in [1.165, 1.54) is 0 Å². The first-order valence-electron chi connectivity index (χ1n) is 5.81. The summed E-state index contributed by atoms with van der Waals surface area (Å²) in [4.78, 5) is 2.92. The minimum atomic E-state index is -3.27. The SMILES string of the molecule is CC(C)c1ccc(S(=O)(=O)CCCN=[N+]=[N-])cc1. The number of hydrogen-bond donors (Lipinski definition) is 0. The Morgan fingerprint density at radius 2 is 1.89 bits per heavy atom. The van der Waals surface area contributed by atoms with E-state index in [9.17, 15) is 8.42 Å². The topological polar surface area (TPSA) is 82.9 Å². The zero-order valence-electron chi connectivity index (χ0n) is 10.6. The molecular formula is C12H17N3O2S. The van der Waals surface area contributed by atoms with Crippen LogP contribution in [0.15, 0.2) is 34.3 Å². The van der Waals surface area contributed by atoms with Crippen molar-refractivity contribution in [3.8, 4) is 0 Å². The van der Waals surface area contributed by atoms with Crippen LogP contribution in [0.5, 0.6) is 0 Å². The van der Waals surface area contributed by atoms with Gasteiger partial charge in [0.05, 0.1) is 10.6 Å². The Labute approximate surface area is 107 Å². The molecule has 0 spiro atoms. The fourth-order valence-corrected chi connectivity index (χ4v) is 2.84. The summed E-state index contributed by atoms with van der Waals surface area (Å²) in [5.41, 5.74) is 9.22. The Bertz CT molecular complexity index is 529. The van der Waals surface area contributed by atoms with Crippen LogP contribution in [-0.4, -0.2) is 20.7 Å². The summed E-state index contributed by atoms with van der Waals surface area (Å²) in [6.07, 6.45) is 0.346. The molecule has 0 aromatic heterocycles. The first-order valence-corrected chi connectivity index (χ1v) is 7.46. The van der Waals surface area contributed by atoms with Gasteiger partial charge in [0.2, 0.25) is 0 Å². The predicted octanol–water partition coefficient (Wildman–Crippen LogP) is 3.28. The van der Waals surface area contributed by atoms with Gasteiger partial charge in [-0.1, -0.05) is 31.1 Å². The minimum Gasteiger partial charge on any atom is -0.224 e. The molecule has 18 heavy (non-hydrogen) atoms. The van der Waals surface area contributed by atoms with Gasteiger partial charge in [-0.25, -0.2) is 8.42 Å². The zero-order valence-corrected chi connectivity index (χ0v) is 11.4. The smallest absolute Gasteiger partial charge is 0.178 e. The second-order valence-corrected chi connectivity index (χ2v) is 6.46. The maximum absolute atomic E-state index is 11.9. The Kier molecular flexibility index (Phi) is 5.19. The summed E-state index contributed by atoms with van der Waals surface area (Å²) in [6, 6.07) is 6.95. The molecule has 0 N–H and O–H groups in total. The number of hydrogen-bond acceptors (Lipinski definition) is 3. The van der Waals surface area contributed by atoms with E-state index in [0.29, 0.717) is 17.2 Å². The van der Waals surface area contributed by atoms with Crippen LogP contribution in [-0.2, 0) is 9.84 Å². The Morgan fingerprint density at radius 1 is 1.28 bits per heavy atom. The van der Waals surface area contributed by atoms with Gasteiger partial charge in [-0.05, 0) is 35.6 Å². The van der Waals surface area contributed by atoms with Gasteiger partial charge < -0.3 is 0 Å². The van der Waals surface area contributed by atoms with Crippen molar-refractivity contribution in [2.45, 2.75) is 31.1 Å². The minimum absolute atomic E-state index is 0.00699. The number of rotatable bonds is 6. The van der Waals surface area contributed by atoms with Gasteiger partial charge >= 0.3 is 0 Å². The summed E-state index contributed by atoms with van der Waals surface area (Å²) >= 11 is 0. The van der Waals surface area contributed by atoms with Gasteiger partial charge in [-0.2, -0.15) is 0 Å². The van der Waals surface area contributed by atoms with Crippen LogP contribution in [0.25, 0.3) is 10.4 Å². The lowest BCUT2D eigenvalue weighted by molar-refractivity contribution is 0.593. The van der Waals surface area contributed by atoms with Crippen molar-refractivity contribution < 1.29 is 8.42 Å². The molecule has 6 heteroatoms. The van der Waals surface area contributed by atoms with Gasteiger partial charge in [-0.3, -0.25) is 0 Å². The molecule has 98 valence electrons. The third kappa shape index (κ3) is 4.05. The standard InChI is InChI=1S/C12H17N3O2S/c1-10(2)11-4-6-12(7-5-11)18(16,17)9-3-8-14-15-13/h4-7,10H,3,8-9H2,1-2H3. The summed E-state index contributed by atoms with van der Waals surface area (Å²) in [5.74, 6) is 0.388. The highest BCUT2D eigenvalue weighted by molar-refractivity contribution is 7.91. The lowest BCUT2D eigenvalue weighted by Gasteiger charge is -2.07. The molecule has 0 saturated carbocycles. The Balaban J connectivity index is 2.75. The van der Waals surface area contributed by atoms with Gasteiger partial charge in [-0.15, -0.1) is 0 Å². The molecule has 0 fully saturated rings. The van der Waals surface area contributed by atoms with Crippen LogP contribution in [0, 0.1) is 0 Å². The zero-order chi connectivity index (χ0) is 13.6. The van der Waals surface area contributed by atoms with Crippen LogP contribution in [0.1, 0.15) is 31.7 Å². The van der Waals surface area contributed by atoms with Crippen molar-refractivity contribution in [1.29, 1.82) is 0 Å². The maximum Gasteiger partial charge on any atom is 0.178 e. The van der Waals surface area contributed by atoms with Gasteiger partial charge in [0, 0.05) is 11.5 Å². The van der Waals surface area contributed by atoms with E-state index in [4.69, 9.17) is 5.53 Å². The van der Waals surface area contributed by atoms with Gasteiger partial charge in [0.1, 0.15) is 0 Å². The maximum atomic E-state index is 11.9. The highest BCUT2D eigenvalue weighted by Gasteiger charge is 2.13. The molecule has 0 saturated heterocycles. The molecule has 0 atom stereocenters. The molecule has 0 radical (unpaired) electrons. The van der Waals surface area contributed by atoms with Crippen molar-refractivity contribution >= 4 is 9.84 Å². The largest absolute Gasteiger partial charge is 0.224 e. The van der Waals surface area contributed by atoms with Crippen LogP contribution >= 0.6 is 0 Å². The summed E-state index contributed by atoms with van der Waals surface area (Å²) < 4.78 is 23.9. The van der Waals surface area contributed by atoms with E-state index < -0.39 is 9.84 Å². The third-order valence-electron chi connectivity index (χ3n) is 2.64. The highest BCUT2D eigenvalue weighted by atomic mass is 32.2. The molecule has 0 heterocycles. The summed E-state index contributed by atoms with van der Waals surface area (Å²) in [7, 11) is -3.27. The van der Waals surface area contributed by atoms with Crippen LogP contribution in [0.4, 0.5) is 0 Å². The van der Waals surface area contributed by atoms with Gasteiger partial charge in [0.25, 0.3) is 0 Å². The number of benzene rings is 1. The van der Waals surface area contributed by atoms with Crippen molar-refractivity contribution in [2.75, 3.05) is 12.3 Å².